The molecule has 48 heavy (non-hydrogen) atoms. The second kappa shape index (κ2) is 12.5. The van der Waals surface area contributed by atoms with Crippen molar-refractivity contribution < 1.29 is 52.1 Å². The Bertz CT molecular complexity index is 2100. The van der Waals surface area contributed by atoms with E-state index in [0.29, 0.717) is 22.0 Å². The summed E-state index contributed by atoms with van der Waals surface area (Å²) in [5, 5.41) is -3.23. The van der Waals surface area contributed by atoms with E-state index in [1.165, 1.54) is 44.3 Å². The minimum absolute atomic E-state index is 0.136. The second-order valence-electron chi connectivity index (χ2n) is 12.3. The van der Waals surface area contributed by atoms with Crippen molar-refractivity contribution in [2.75, 3.05) is 24.8 Å². The average Bonchev–Trinajstić information content (AvgIpc) is 2.93. The molecule has 0 radical (unpaired) electrons. The lowest BCUT2D eigenvalue weighted by Crippen LogP contribution is -2.34. The lowest BCUT2D eigenvalue weighted by Gasteiger charge is -2.36. The van der Waals surface area contributed by atoms with Crippen LogP contribution in [0.4, 0.5) is 30.7 Å². The van der Waals surface area contributed by atoms with Crippen molar-refractivity contribution >= 4 is 37.7 Å². The van der Waals surface area contributed by atoms with E-state index >= 15 is 4.39 Å². The fraction of sp³-hybridized carbons (Fsp3) is 0.344. The number of benzene rings is 3. The molecule has 1 aromatic heterocycles. The molecule has 3 aromatic carbocycles. The molecule has 0 saturated heterocycles. The average molecular weight is 738 g/mol. The van der Waals surface area contributed by atoms with Crippen LogP contribution in [0.25, 0.3) is 22.0 Å². The van der Waals surface area contributed by atoms with E-state index in [1.807, 2.05) is 0 Å². The zero-order chi connectivity index (χ0) is 36.1. The summed E-state index contributed by atoms with van der Waals surface area (Å²) in [6.07, 6.45) is -13.9. The van der Waals surface area contributed by atoms with Gasteiger partial charge in [-0.2, -0.15) is 26.3 Å². The number of aromatic nitrogens is 1. The van der Waals surface area contributed by atoms with Gasteiger partial charge in [-0.1, -0.05) is 42.5 Å². The van der Waals surface area contributed by atoms with Gasteiger partial charge in [-0.3, -0.25) is 4.98 Å². The van der Waals surface area contributed by atoms with Crippen molar-refractivity contribution in [2.45, 2.75) is 47.7 Å². The SMILES string of the molecule is CC(C)(c1cc(-c2cccc(CC(F)(c3ccc(S(C)(=O)=O)cc3)P(=O)(CC(F)(F)F)CC(F)(F)F)c2)c2ncccc2c1)S(C)(=O)=O. The van der Waals surface area contributed by atoms with Gasteiger partial charge < -0.3 is 4.57 Å². The van der Waals surface area contributed by atoms with Crippen LogP contribution >= 0.6 is 7.14 Å². The smallest absolute Gasteiger partial charge is 0.319 e. The molecule has 1 heterocycles. The van der Waals surface area contributed by atoms with E-state index in [4.69, 9.17) is 0 Å². The molecule has 0 saturated carbocycles. The Kier molecular flexibility index (Phi) is 9.81. The first-order chi connectivity index (χ1) is 21.8. The molecule has 1 unspecified atom stereocenters. The molecule has 6 nitrogen and oxygen atoms in total. The number of nitrogens with zero attached hydrogens (tertiary/aromatic N) is 1. The zero-order valence-corrected chi connectivity index (χ0v) is 28.6. The number of hydrogen-bond donors (Lipinski definition) is 0. The molecule has 0 N–H and O–H groups in total. The molecular formula is C32H31F7NO5PS2. The first-order valence-corrected chi connectivity index (χ1v) is 20.0. The third kappa shape index (κ3) is 7.94. The maximum absolute atomic E-state index is 17.4. The molecule has 4 rings (SSSR count). The lowest BCUT2D eigenvalue weighted by molar-refractivity contribution is -0.114. The minimum Gasteiger partial charge on any atom is -0.319 e. The number of pyridine rings is 1. The number of alkyl halides is 7. The van der Waals surface area contributed by atoms with Gasteiger partial charge in [0, 0.05) is 36.1 Å². The summed E-state index contributed by atoms with van der Waals surface area (Å²) in [6, 6.07) is 15.0. The molecule has 4 aromatic rings. The normalized spacial score (nSPS) is 15.0. The zero-order valence-electron chi connectivity index (χ0n) is 26.0. The fourth-order valence-electron chi connectivity index (χ4n) is 5.42. The standard InChI is InChI=1S/C32H31F7NO5PS2/c1-29(2,48(4,44)45)25-16-23-9-6-14-40-28(23)27(17-25)22-8-5-7-21(15-22)18-30(33,24-10-12-26(13-11-24)47(3,42)43)46(41,19-31(34,35)36)20-32(37,38)39/h5-17H,18-20H2,1-4H3. The molecule has 0 aliphatic heterocycles. The summed E-state index contributed by atoms with van der Waals surface area (Å²) in [4.78, 5) is 3.99. The van der Waals surface area contributed by atoms with Crippen LogP contribution in [0.2, 0.25) is 0 Å². The second-order valence-corrected chi connectivity index (χ2v) is 20.0. The molecular weight excluding hydrogens is 706 g/mol. The Balaban J connectivity index is 1.96. The number of halogens is 7. The van der Waals surface area contributed by atoms with Crippen LogP contribution in [0.15, 0.2) is 83.9 Å². The molecule has 0 spiro atoms. The predicted molar refractivity (Wildman–Crippen MR) is 171 cm³/mol. The van der Waals surface area contributed by atoms with Crippen molar-refractivity contribution in [2.24, 2.45) is 0 Å². The maximum atomic E-state index is 17.4. The van der Waals surface area contributed by atoms with Crippen LogP contribution in [0.3, 0.4) is 0 Å². The monoisotopic (exact) mass is 737 g/mol. The highest BCUT2D eigenvalue weighted by Crippen LogP contribution is 2.69. The van der Waals surface area contributed by atoms with E-state index in [2.05, 4.69) is 4.98 Å². The quantitative estimate of drug-likeness (QED) is 0.120. The Hall–Kier alpha value is -3.29. The summed E-state index contributed by atoms with van der Waals surface area (Å²) in [6.45, 7) is 2.98. The van der Waals surface area contributed by atoms with Crippen LogP contribution < -0.4 is 0 Å². The van der Waals surface area contributed by atoms with Crippen molar-refractivity contribution in [3.63, 3.8) is 0 Å². The van der Waals surface area contributed by atoms with Crippen LogP contribution in [0.1, 0.15) is 30.5 Å². The van der Waals surface area contributed by atoms with Gasteiger partial charge in [0.05, 0.1) is 15.2 Å². The Morgan fingerprint density at radius 1 is 0.729 bits per heavy atom. The van der Waals surface area contributed by atoms with Gasteiger partial charge in [0.2, 0.25) is 0 Å². The summed E-state index contributed by atoms with van der Waals surface area (Å²) < 4.78 is 162. The molecule has 0 aliphatic carbocycles. The minimum atomic E-state index is -5.95. The molecule has 1 atom stereocenters. The van der Waals surface area contributed by atoms with Crippen molar-refractivity contribution in [1.29, 1.82) is 0 Å². The number of fused-ring (bicyclic) bond motifs is 1. The summed E-state index contributed by atoms with van der Waals surface area (Å²) in [5.74, 6) is 0. The van der Waals surface area contributed by atoms with Gasteiger partial charge in [-0.05, 0) is 66.4 Å². The molecule has 260 valence electrons. The Morgan fingerprint density at radius 2 is 1.31 bits per heavy atom. The van der Waals surface area contributed by atoms with E-state index in [-0.39, 0.29) is 16.0 Å². The maximum Gasteiger partial charge on any atom is 0.395 e. The van der Waals surface area contributed by atoms with Crippen molar-refractivity contribution in [3.05, 3.63) is 95.7 Å². The summed E-state index contributed by atoms with van der Waals surface area (Å²) in [7, 11) is -13.5. The van der Waals surface area contributed by atoms with Gasteiger partial charge in [-0.25, -0.2) is 21.2 Å². The van der Waals surface area contributed by atoms with Crippen molar-refractivity contribution in [3.8, 4) is 11.1 Å². The van der Waals surface area contributed by atoms with E-state index in [9.17, 15) is 47.7 Å². The van der Waals surface area contributed by atoms with E-state index < -0.39 is 73.6 Å². The summed E-state index contributed by atoms with van der Waals surface area (Å²) in [5.41, 5.74) is 0.405. The first-order valence-electron chi connectivity index (χ1n) is 14.2. The lowest BCUT2D eigenvalue weighted by atomic mass is 9.92. The topological polar surface area (TPSA) is 98.2 Å². The predicted octanol–water partition coefficient (Wildman–Crippen LogP) is 8.44. The van der Waals surface area contributed by atoms with E-state index in [0.717, 1.165) is 36.8 Å². The van der Waals surface area contributed by atoms with Gasteiger partial charge in [-0.15, -0.1) is 0 Å². The molecule has 16 heteroatoms. The molecule has 0 aliphatic rings. The third-order valence-corrected chi connectivity index (χ3v) is 14.9. The highest BCUT2D eigenvalue weighted by atomic mass is 32.2. The number of rotatable bonds is 10. The molecule has 0 fully saturated rings. The highest BCUT2D eigenvalue weighted by molar-refractivity contribution is 7.91. The fourth-order valence-corrected chi connectivity index (χ4v) is 9.46. The van der Waals surface area contributed by atoms with Gasteiger partial charge in [0.25, 0.3) is 0 Å². The Morgan fingerprint density at radius 3 is 1.83 bits per heavy atom. The molecule has 0 amide bonds. The van der Waals surface area contributed by atoms with Gasteiger partial charge in [0.15, 0.2) is 25.1 Å². The number of sulfone groups is 2. The first kappa shape index (κ1) is 37.5. The summed E-state index contributed by atoms with van der Waals surface area (Å²) >= 11 is 0. The highest BCUT2D eigenvalue weighted by Gasteiger charge is 2.59. The van der Waals surface area contributed by atoms with Crippen LogP contribution in [-0.4, -0.2) is 59.0 Å². The van der Waals surface area contributed by atoms with E-state index in [1.54, 1.807) is 24.3 Å². The van der Waals surface area contributed by atoms with Crippen LogP contribution in [-0.2, 0) is 40.8 Å². The van der Waals surface area contributed by atoms with Gasteiger partial charge in [0.1, 0.15) is 19.5 Å². The van der Waals surface area contributed by atoms with Crippen LogP contribution in [0, 0.1) is 0 Å². The van der Waals surface area contributed by atoms with Crippen molar-refractivity contribution in [1.82, 2.24) is 4.98 Å². The van der Waals surface area contributed by atoms with Gasteiger partial charge >= 0.3 is 12.4 Å². The largest absolute Gasteiger partial charge is 0.395 e. The molecule has 0 bridgehead atoms. The van der Waals surface area contributed by atoms with Crippen LogP contribution in [0.5, 0.6) is 0 Å². The number of hydrogen-bond acceptors (Lipinski definition) is 6. The third-order valence-electron chi connectivity index (χ3n) is 8.24. The Labute approximate surface area is 273 Å².